The molecule has 1 aromatic heterocycles. The molecule has 0 radical (unpaired) electrons. The molecule has 0 aliphatic carbocycles. The normalized spacial score (nSPS) is 12.6. The van der Waals surface area contributed by atoms with E-state index in [2.05, 4.69) is 53.8 Å². The summed E-state index contributed by atoms with van der Waals surface area (Å²) in [4.78, 5) is 0. The summed E-state index contributed by atoms with van der Waals surface area (Å²) in [5, 5.41) is 9.29. The van der Waals surface area contributed by atoms with Gasteiger partial charge in [0.1, 0.15) is 17.3 Å². The maximum absolute atomic E-state index is 6.32. The van der Waals surface area contributed by atoms with E-state index in [1.165, 1.54) is 16.7 Å². The Hall–Kier alpha value is -3.24. The Morgan fingerprint density at radius 1 is 0.967 bits per heavy atom. The quantitative estimate of drug-likeness (QED) is 0.455. The van der Waals surface area contributed by atoms with Crippen molar-refractivity contribution in [3.8, 4) is 11.4 Å². The molecule has 2 heterocycles. The first-order valence-corrected chi connectivity index (χ1v) is 10.4. The topological polar surface area (TPSA) is 39.1 Å². The average molecular weight is 416 g/mol. The lowest BCUT2D eigenvalue weighted by molar-refractivity contribution is 0.412. The van der Waals surface area contributed by atoms with Crippen LogP contribution in [-0.4, -0.2) is 23.4 Å². The van der Waals surface area contributed by atoms with Crippen LogP contribution in [0, 0.1) is 0 Å². The van der Waals surface area contributed by atoms with Gasteiger partial charge in [0.15, 0.2) is 0 Å². The molecule has 1 aliphatic heterocycles. The lowest BCUT2D eigenvalue weighted by Crippen LogP contribution is -2.10. The fourth-order valence-corrected chi connectivity index (χ4v) is 4.40. The number of ether oxygens (including phenoxy) is 1. The molecule has 4 aromatic rings. The summed E-state index contributed by atoms with van der Waals surface area (Å²) in [7, 11) is 1.67. The van der Waals surface area contributed by atoms with Gasteiger partial charge < -0.3 is 10.1 Å². The number of hydrogen-bond donors (Lipinski definition) is 1. The minimum Gasteiger partial charge on any atom is -0.494 e. The van der Waals surface area contributed by atoms with Crippen LogP contribution in [0.25, 0.3) is 5.69 Å². The number of fused-ring (bicyclic) bond motifs is 1. The first-order chi connectivity index (χ1) is 14.8. The van der Waals surface area contributed by atoms with Crippen LogP contribution in [-0.2, 0) is 6.42 Å². The van der Waals surface area contributed by atoms with E-state index in [1.54, 1.807) is 7.11 Å². The third kappa shape index (κ3) is 3.23. The first kappa shape index (κ1) is 18.8. The second-order valence-corrected chi connectivity index (χ2v) is 7.81. The van der Waals surface area contributed by atoms with E-state index in [0.29, 0.717) is 5.02 Å². The van der Waals surface area contributed by atoms with E-state index in [9.17, 15) is 0 Å². The molecule has 150 valence electrons. The molecule has 0 unspecified atom stereocenters. The molecule has 1 N–H and O–H groups in total. The fraction of sp³-hybridized carbons (Fsp3) is 0.160. The van der Waals surface area contributed by atoms with E-state index in [-0.39, 0.29) is 5.92 Å². The van der Waals surface area contributed by atoms with E-state index in [1.807, 2.05) is 35.0 Å². The zero-order valence-electron chi connectivity index (χ0n) is 16.7. The van der Waals surface area contributed by atoms with Gasteiger partial charge in [-0.3, -0.25) is 0 Å². The van der Waals surface area contributed by atoms with Crippen LogP contribution in [0.2, 0.25) is 5.02 Å². The van der Waals surface area contributed by atoms with Crippen molar-refractivity contribution < 1.29 is 4.74 Å². The molecule has 0 fully saturated rings. The summed E-state index contributed by atoms with van der Waals surface area (Å²) in [6, 6.07) is 26.7. The minimum absolute atomic E-state index is 0.0486. The third-order valence-electron chi connectivity index (χ3n) is 5.59. The van der Waals surface area contributed by atoms with E-state index in [0.717, 1.165) is 35.9 Å². The summed E-state index contributed by atoms with van der Waals surface area (Å²) >= 11 is 6.32. The average Bonchev–Trinajstić information content (AvgIpc) is 3.39. The standard InChI is InChI=1S/C25H22ClN3O/c1-30-22-13-12-19(26)16-21(22)29-25-20(14-15-27-25)24(28-29)23(17-8-4-2-5-9-17)18-10-6-3-7-11-18/h2-13,16,23,27H,14-15H2,1H3. The van der Waals surface area contributed by atoms with Crippen molar-refractivity contribution in [3.05, 3.63) is 106 Å². The second-order valence-electron chi connectivity index (χ2n) is 7.37. The lowest BCUT2D eigenvalue weighted by Gasteiger charge is -2.17. The first-order valence-electron chi connectivity index (χ1n) is 10.1. The Labute approximate surface area is 181 Å². The van der Waals surface area contributed by atoms with Crippen molar-refractivity contribution in [2.24, 2.45) is 0 Å². The highest BCUT2D eigenvalue weighted by atomic mass is 35.5. The van der Waals surface area contributed by atoms with Crippen LogP contribution in [0.4, 0.5) is 5.82 Å². The minimum atomic E-state index is 0.0486. The van der Waals surface area contributed by atoms with Crippen LogP contribution in [0.3, 0.4) is 0 Å². The second kappa shape index (κ2) is 7.88. The van der Waals surface area contributed by atoms with E-state index >= 15 is 0 Å². The fourth-order valence-electron chi connectivity index (χ4n) is 4.24. The molecule has 0 atom stereocenters. The van der Waals surface area contributed by atoms with Crippen molar-refractivity contribution in [1.29, 1.82) is 0 Å². The molecular formula is C25H22ClN3O. The van der Waals surface area contributed by atoms with Crippen molar-refractivity contribution >= 4 is 17.4 Å². The van der Waals surface area contributed by atoms with Gasteiger partial charge >= 0.3 is 0 Å². The molecule has 5 rings (SSSR count). The monoisotopic (exact) mass is 415 g/mol. The maximum atomic E-state index is 6.32. The highest BCUT2D eigenvalue weighted by Crippen LogP contribution is 2.40. The van der Waals surface area contributed by atoms with Crippen molar-refractivity contribution in [3.63, 3.8) is 0 Å². The van der Waals surface area contributed by atoms with Crippen LogP contribution < -0.4 is 10.1 Å². The number of methoxy groups -OCH3 is 1. The molecule has 0 spiro atoms. The number of benzene rings is 3. The summed E-state index contributed by atoms with van der Waals surface area (Å²) in [5.41, 5.74) is 5.59. The molecule has 0 bridgehead atoms. The molecule has 3 aromatic carbocycles. The van der Waals surface area contributed by atoms with Crippen molar-refractivity contribution in [1.82, 2.24) is 9.78 Å². The van der Waals surface area contributed by atoms with Crippen molar-refractivity contribution in [2.45, 2.75) is 12.3 Å². The molecule has 0 saturated heterocycles. The van der Waals surface area contributed by atoms with Gasteiger partial charge in [-0.15, -0.1) is 0 Å². The van der Waals surface area contributed by atoms with Gasteiger partial charge in [0, 0.05) is 17.1 Å². The Balaban J connectivity index is 1.73. The largest absolute Gasteiger partial charge is 0.494 e. The van der Waals surface area contributed by atoms with Crippen LogP contribution in [0.1, 0.15) is 28.3 Å². The number of nitrogens with one attached hydrogen (secondary N) is 1. The smallest absolute Gasteiger partial charge is 0.144 e. The van der Waals surface area contributed by atoms with Crippen LogP contribution in [0.15, 0.2) is 78.9 Å². The molecular weight excluding hydrogens is 394 g/mol. The van der Waals surface area contributed by atoms with E-state index < -0.39 is 0 Å². The molecule has 1 aliphatic rings. The van der Waals surface area contributed by atoms with Gasteiger partial charge in [0.05, 0.1) is 18.7 Å². The molecule has 4 nitrogen and oxygen atoms in total. The van der Waals surface area contributed by atoms with Crippen LogP contribution in [0.5, 0.6) is 5.75 Å². The maximum Gasteiger partial charge on any atom is 0.144 e. The zero-order chi connectivity index (χ0) is 20.5. The Morgan fingerprint density at radius 2 is 1.63 bits per heavy atom. The molecule has 5 heteroatoms. The van der Waals surface area contributed by atoms with Gasteiger partial charge in [-0.1, -0.05) is 72.3 Å². The Bertz CT molecular complexity index is 1130. The zero-order valence-corrected chi connectivity index (χ0v) is 17.4. The molecule has 0 amide bonds. The Morgan fingerprint density at radius 3 is 2.27 bits per heavy atom. The van der Waals surface area contributed by atoms with Gasteiger partial charge in [-0.25, -0.2) is 4.68 Å². The van der Waals surface area contributed by atoms with E-state index in [4.69, 9.17) is 21.4 Å². The summed E-state index contributed by atoms with van der Waals surface area (Å²) in [6.07, 6.45) is 0.934. The predicted octanol–water partition coefficient (Wildman–Crippen LogP) is 5.68. The molecule has 0 saturated carbocycles. The SMILES string of the molecule is COc1ccc(Cl)cc1-n1nc(C(c2ccccc2)c2ccccc2)c2c1NCC2. The number of rotatable bonds is 5. The number of anilines is 1. The lowest BCUT2D eigenvalue weighted by atomic mass is 9.86. The summed E-state index contributed by atoms with van der Waals surface area (Å²) in [5.74, 6) is 1.80. The van der Waals surface area contributed by atoms with Crippen LogP contribution >= 0.6 is 11.6 Å². The van der Waals surface area contributed by atoms with Crippen molar-refractivity contribution in [2.75, 3.05) is 19.0 Å². The highest BCUT2D eigenvalue weighted by molar-refractivity contribution is 6.30. The number of hydrogen-bond acceptors (Lipinski definition) is 3. The third-order valence-corrected chi connectivity index (χ3v) is 5.83. The number of aromatic nitrogens is 2. The highest BCUT2D eigenvalue weighted by Gasteiger charge is 2.30. The summed E-state index contributed by atoms with van der Waals surface area (Å²) in [6.45, 7) is 0.888. The number of halogens is 1. The van der Waals surface area contributed by atoms with Gasteiger partial charge in [0.2, 0.25) is 0 Å². The van der Waals surface area contributed by atoms with Gasteiger partial charge in [-0.05, 0) is 35.7 Å². The number of nitrogens with zero attached hydrogens (tertiary/aromatic N) is 2. The van der Waals surface area contributed by atoms with Gasteiger partial charge in [-0.2, -0.15) is 5.10 Å². The predicted molar refractivity (Wildman–Crippen MR) is 121 cm³/mol. The molecule has 30 heavy (non-hydrogen) atoms. The summed E-state index contributed by atoms with van der Waals surface area (Å²) < 4.78 is 7.55. The van der Waals surface area contributed by atoms with Gasteiger partial charge in [0.25, 0.3) is 0 Å². The Kier molecular flexibility index (Phi) is 4.93.